The van der Waals surface area contributed by atoms with Gasteiger partial charge in [-0.25, -0.2) is 0 Å². The Kier molecular flexibility index (Phi) is 4.95. The van der Waals surface area contributed by atoms with Gasteiger partial charge in [0.05, 0.1) is 18.5 Å². The van der Waals surface area contributed by atoms with Gasteiger partial charge in [-0.05, 0) is 23.8 Å². The molecule has 0 saturated carbocycles. The summed E-state index contributed by atoms with van der Waals surface area (Å²) in [6, 6.07) is 11.0. The van der Waals surface area contributed by atoms with Crippen molar-refractivity contribution in [1.29, 1.82) is 0 Å². The quantitative estimate of drug-likeness (QED) is 0.494. The van der Waals surface area contributed by atoms with Crippen LogP contribution in [0, 0.1) is 10.1 Å². The van der Waals surface area contributed by atoms with Gasteiger partial charge in [-0.3, -0.25) is 14.9 Å². The van der Waals surface area contributed by atoms with E-state index in [0.717, 1.165) is 38.7 Å². The van der Waals surface area contributed by atoms with Crippen LogP contribution in [0.1, 0.15) is 16.9 Å². The smallest absolute Gasteiger partial charge is 0.324 e. The van der Waals surface area contributed by atoms with Gasteiger partial charge in [0.25, 0.3) is 0 Å². The van der Waals surface area contributed by atoms with Crippen LogP contribution in [0.25, 0.3) is 5.57 Å². The van der Waals surface area contributed by atoms with Crippen LogP contribution in [0.3, 0.4) is 0 Å². The molecule has 128 valence electrons. The minimum Gasteiger partial charge on any atom is -0.469 e. The number of carbonyl (C=O) groups excluding carboxylic acids is 1. The van der Waals surface area contributed by atoms with Crippen molar-refractivity contribution < 1.29 is 14.5 Å². The van der Waals surface area contributed by atoms with Crippen molar-refractivity contribution in [3.63, 3.8) is 0 Å². The lowest BCUT2D eigenvalue weighted by Crippen LogP contribution is -2.10. The molecular weight excluding hydrogens is 340 g/mol. The van der Waals surface area contributed by atoms with E-state index in [9.17, 15) is 14.9 Å². The van der Waals surface area contributed by atoms with Crippen LogP contribution in [0.2, 0.25) is 0 Å². The van der Waals surface area contributed by atoms with Crippen LogP contribution < -0.4 is 5.32 Å². The van der Waals surface area contributed by atoms with Gasteiger partial charge in [-0.2, -0.15) is 0 Å². The van der Waals surface area contributed by atoms with Crippen molar-refractivity contribution in [3.05, 3.63) is 74.8 Å². The Bertz CT molecular complexity index is 883. The van der Waals surface area contributed by atoms with Gasteiger partial charge < -0.3 is 10.1 Å². The highest BCUT2D eigenvalue weighted by molar-refractivity contribution is 7.15. The molecule has 0 atom stereocenters. The summed E-state index contributed by atoms with van der Waals surface area (Å²) in [6.07, 6.45) is 4.64. The van der Waals surface area contributed by atoms with Crippen molar-refractivity contribution in [2.45, 2.75) is 12.8 Å². The summed E-state index contributed by atoms with van der Waals surface area (Å²) in [5, 5.41) is 14.2. The second-order valence-electron chi connectivity index (χ2n) is 5.45. The van der Waals surface area contributed by atoms with Crippen molar-refractivity contribution in [1.82, 2.24) is 0 Å². The number of thiophene rings is 1. The Morgan fingerprint density at radius 2 is 2.12 bits per heavy atom. The van der Waals surface area contributed by atoms with Gasteiger partial charge in [0, 0.05) is 34.3 Å². The number of fused-ring (bicyclic) bond motifs is 1. The molecule has 0 fully saturated rings. The van der Waals surface area contributed by atoms with E-state index in [1.54, 1.807) is 6.07 Å². The topological polar surface area (TPSA) is 81.5 Å². The van der Waals surface area contributed by atoms with E-state index in [1.807, 2.05) is 36.4 Å². The number of methoxy groups -OCH3 is 1. The van der Waals surface area contributed by atoms with E-state index >= 15 is 0 Å². The van der Waals surface area contributed by atoms with Gasteiger partial charge in [-0.15, -0.1) is 0 Å². The summed E-state index contributed by atoms with van der Waals surface area (Å²) in [5.74, 6) is -0.295. The summed E-state index contributed by atoms with van der Waals surface area (Å²) in [4.78, 5) is 23.0. The number of benzene rings is 1. The van der Waals surface area contributed by atoms with Crippen LogP contribution in [-0.4, -0.2) is 18.0 Å². The summed E-state index contributed by atoms with van der Waals surface area (Å²) >= 11 is 1.16. The van der Waals surface area contributed by atoms with E-state index in [-0.39, 0.29) is 22.3 Å². The highest BCUT2D eigenvalue weighted by atomic mass is 32.1. The molecule has 0 unspecified atom stereocenters. The molecule has 0 radical (unpaired) electrons. The van der Waals surface area contributed by atoms with Crippen molar-refractivity contribution >= 4 is 33.6 Å². The highest BCUT2D eigenvalue weighted by Crippen LogP contribution is 2.33. The number of esters is 1. The number of hydrogen-bond donors (Lipinski definition) is 1. The number of rotatable bonds is 5. The maximum atomic E-state index is 11.7. The number of nitro groups is 1. The molecule has 1 aliphatic heterocycles. The number of allylic oxidation sites excluding steroid dienone is 2. The predicted molar refractivity (Wildman–Crippen MR) is 97.4 cm³/mol. The Hall–Kier alpha value is -2.93. The first-order valence-corrected chi connectivity index (χ1v) is 8.45. The Morgan fingerprint density at radius 3 is 2.84 bits per heavy atom. The van der Waals surface area contributed by atoms with Gasteiger partial charge in [0.15, 0.2) is 0 Å². The van der Waals surface area contributed by atoms with Crippen molar-refractivity contribution in [2.24, 2.45) is 0 Å². The first-order valence-electron chi connectivity index (χ1n) is 7.64. The molecule has 1 N–H and O–H groups in total. The average Bonchev–Trinajstić information content (AvgIpc) is 3.09. The number of hydrogen-bond acceptors (Lipinski definition) is 6. The molecule has 2 heterocycles. The molecular formula is C18H16N2O4S. The Balaban J connectivity index is 1.84. The highest BCUT2D eigenvalue weighted by Gasteiger charge is 2.17. The molecule has 7 heteroatoms. The number of para-hydroxylation sites is 1. The minimum atomic E-state index is -0.384. The molecule has 0 amide bonds. The lowest BCUT2D eigenvalue weighted by molar-refractivity contribution is -0.380. The normalized spacial score (nSPS) is 14.4. The standard InChI is InChI=1S/C18H16N2O4S/c1-24-18(21)11-12-10-13(19-16-5-3-2-4-15(12)16)6-7-14-8-9-17(25-14)20(22)23/h2-6,8-10,19H,7,11H2,1H3/b13-6+. The molecule has 0 spiro atoms. The van der Waals surface area contributed by atoms with Crippen LogP contribution in [0.4, 0.5) is 10.7 Å². The molecule has 0 bridgehead atoms. The van der Waals surface area contributed by atoms with Gasteiger partial charge in [0.2, 0.25) is 0 Å². The molecule has 1 aromatic heterocycles. The second-order valence-corrected chi connectivity index (χ2v) is 6.60. The van der Waals surface area contributed by atoms with E-state index < -0.39 is 0 Å². The van der Waals surface area contributed by atoms with E-state index in [4.69, 9.17) is 4.74 Å². The first kappa shape index (κ1) is 16.9. The third kappa shape index (κ3) is 3.95. The fourth-order valence-corrected chi connectivity index (χ4v) is 3.38. The maximum Gasteiger partial charge on any atom is 0.324 e. The van der Waals surface area contributed by atoms with Crippen LogP contribution in [-0.2, 0) is 16.0 Å². The zero-order chi connectivity index (χ0) is 17.8. The van der Waals surface area contributed by atoms with Crippen LogP contribution in [0.15, 0.2) is 54.2 Å². The predicted octanol–water partition coefficient (Wildman–Crippen LogP) is 4.15. The molecule has 25 heavy (non-hydrogen) atoms. The SMILES string of the molecule is COC(=O)CC1=C/C(=C\Cc2ccc([N+](=O)[O-])s2)Nc2ccccc21. The maximum absolute atomic E-state index is 11.7. The molecule has 0 saturated heterocycles. The largest absolute Gasteiger partial charge is 0.469 e. The van der Waals surface area contributed by atoms with Gasteiger partial charge in [-0.1, -0.05) is 35.6 Å². The first-order chi connectivity index (χ1) is 12.1. The van der Waals surface area contributed by atoms with Crippen LogP contribution >= 0.6 is 11.3 Å². The van der Waals surface area contributed by atoms with Crippen molar-refractivity contribution in [2.75, 3.05) is 12.4 Å². The number of anilines is 1. The molecule has 6 nitrogen and oxygen atoms in total. The summed E-state index contributed by atoms with van der Waals surface area (Å²) < 4.78 is 4.78. The van der Waals surface area contributed by atoms with E-state index in [1.165, 1.54) is 13.2 Å². The Morgan fingerprint density at radius 1 is 1.32 bits per heavy atom. The third-order valence-corrected chi connectivity index (χ3v) is 4.85. The molecule has 1 aliphatic rings. The van der Waals surface area contributed by atoms with Crippen molar-refractivity contribution in [3.8, 4) is 0 Å². The number of nitrogens with zero attached hydrogens (tertiary/aromatic N) is 1. The lowest BCUT2D eigenvalue weighted by Gasteiger charge is -2.21. The second kappa shape index (κ2) is 7.31. The zero-order valence-corrected chi connectivity index (χ0v) is 14.3. The number of ether oxygens (including phenoxy) is 1. The van der Waals surface area contributed by atoms with Gasteiger partial charge in [0.1, 0.15) is 0 Å². The van der Waals surface area contributed by atoms with Gasteiger partial charge >= 0.3 is 11.0 Å². The fraction of sp³-hybridized carbons (Fsp3) is 0.167. The summed E-state index contributed by atoms with van der Waals surface area (Å²) in [5.41, 5.74) is 3.63. The summed E-state index contributed by atoms with van der Waals surface area (Å²) in [6.45, 7) is 0. The zero-order valence-electron chi connectivity index (χ0n) is 13.5. The number of nitrogens with one attached hydrogen (secondary N) is 1. The molecule has 2 aromatic rings. The Labute approximate surface area is 148 Å². The minimum absolute atomic E-state index is 0.136. The fourth-order valence-electron chi connectivity index (χ4n) is 2.60. The molecule has 1 aromatic carbocycles. The number of carbonyl (C=O) groups is 1. The van der Waals surface area contributed by atoms with E-state index in [2.05, 4.69) is 5.32 Å². The summed E-state index contributed by atoms with van der Waals surface area (Å²) in [7, 11) is 1.37. The van der Waals surface area contributed by atoms with Crippen LogP contribution in [0.5, 0.6) is 0 Å². The van der Waals surface area contributed by atoms with E-state index in [0.29, 0.717) is 6.42 Å². The average molecular weight is 356 g/mol. The monoisotopic (exact) mass is 356 g/mol. The molecule has 3 rings (SSSR count). The third-order valence-electron chi connectivity index (χ3n) is 3.79. The lowest BCUT2D eigenvalue weighted by atomic mass is 9.96. The molecule has 0 aliphatic carbocycles.